The van der Waals surface area contributed by atoms with Gasteiger partial charge in [0, 0.05) is 24.3 Å². The molecule has 0 N–H and O–H groups in total. The van der Waals surface area contributed by atoms with Crippen LogP contribution in [0.15, 0.2) is 84.0 Å². The Morgan fingerprint density at radius 1 is 1.00 bits per heavy atom. The SMILES string of the molecule is CC(=O)c1cccc(S(=O)(=O)N(C)C(C)c2ccc(-n3cnc4ccccc43)cc2)c1. The number of benzene rings is 3. The number of ketones is 1. The third-order valence-corrected chi connectivity index (χ3v) is 7.49. The summed E-state index contributed by atoms with van der Waals surface area (Å²) in [7, 11) is -2.21. The smallest absolute Gasteiger partial charge is 0.243 e. The molecule has 1 heterocycles. The van der Waals surface area contributed by atoms with Gasteiger partial charge in [0.2, 0.25) is 10.0 Å². The first-order chi connectivity index (χ1) is 14.8. The number of carbonyl (C=O) groups excluding carboxylic acids is 1. The van der Waals surface area contributed by atoms with Crippen LogP contribution in [0, 0.1) is 0 Å². The normalized spacial score (nSPS) is 12.9. The summed E-state index contributed by atoms with van der Waals surface area (Å²) < 4.78 is 29.6. The molecule has 0 saturated carbocycles. The van der Waals surface area contributed by atoms with E-state index in [2.05, 4.69) is 4.98 Å². The zero-order valence-corrected chi connectivity index (χ0v) is 18.4. The van der Waals surface area contributed by atoms with Gasteiger partial charge in [-0.25, -0.2) is 13.4 Å². The van der Waals surface area contributed by atoms with Gasteiger partial charge in [-0.1, -0.05) is 36.4 Å². The second-order valence-corrected chi connectivity index (χ2v) is 9.47. The second-order valence-electron chi connectivity index (χ2n) is 7.48. The molecule has 158 valence electrons. The molecule has 4 rings (SSSR count). The largest absolute Gasteiger partial charge is 0.299 e. The van der Waals surface area contributed by atoms with Gasteiger partial charge in [0.05, 0.1) is 15.9 Å². The van der Waals surface area contributed by atoms with E-state index in [-0.39, 0.29) is 16.7 Å². The quantitative estimate of drug-likeness (QED) is 0.416. The van der Waals surface area contributed by atoms with E-state index in [9.17, 15) is 13.2 Å². The molecule has 1 unspecified atom stereocenters. The molecule has 0 amide bonds. The van der Waals surface area contributed by atoms with Crippen molar-refractivity contribution in [3.63, 3.8) is 0 Å². The number of hydrogen-bond acceptors (Lipinski definition) is 4. The van der Waals surface area contributed by atoms with Crippen molar-refractivity contribution < 1.29 is 13.2 Å². The van der Waals surface area contributed by atoms with E-state index in [1.165, 1.54) is 23.4 Å². The van der Waals surface area contributed by atoms with Crippen LogP contribution in [0.25, 0.3) is 16.7 Å². The highest BCUT2D eigenvalue weighted by molar-refractivity contribution is 7.89. The number of para-hydroxylation sites is 2. The van der Waals surface area contributed by atoms with Crippen LogP contribution in [0.1, 0.15) is 35.8 Å². The molecule has 0 radical (unpaired) electrons. The van der Waals surface area contributed by atoms with E-state index in [0.29, 0.717) is 5.56 Å². The number of Topliss-reactive ketones (excluding diaryl/α,β-unsaturated/α-hetero) is 1. The van der Waals surface area contributed by atoms with Crippen LogP contribution >= 0.6 is 0 Å². The number of sulfonamides is 1. The average Bonchev–Trinajstić information content (AvgIpc) is 3.22. The molecular formula is C24H23N3O3S. The number of nitrogens with zero attached hydrogens (tertiary/aromatic N) is 3. The number of fused-ring (bicyclic) bond motifs is 1. The van der Waals surface area contributed by atoms with Gasteiger partial charge in [0.1, 0.15) is 6.33 Å². The van der Waals surface area contributed by atoms with Crippen LogP contribution in [-0.2, 0) is 10.0 Å². The first-order valence-corrected chi connectivity index (χ1v) is 11.3. The van der Waals surface area contributed by atoms with Crippen molar-refractivity contribution >= 4 is 26.8 Å². The van der Waals surface area contributed by atoms with Gasteiger partial charge < -0.3 is 0 Å². The van der Waals surface area contributed by atoms with Gasteiger partial charge in [0.25, 0.3) is 0 Å². The summed E-state index contributed by atoms with van der Waals surface area (Å²) in [4.78, 5) is 16.2. The molecule has 7 heteroatoms. The standard InChI is InChI=1S/C24H23N3O3S/c1-17(26(3)31(29,30)22-8-6-7-20(15-22)18(2)28)19-11-13-21(14-12-19)27-16-25-23-9-4-5-10-24(23)27/h4-17H,1-3H3. The number of hydrogen-bond donors (Lipinski definition) is 0. The highest BCUT2D eigenvalue weighted by Crippen LogP contribution is 2.27. The Hall–Kier alpha value is -3.29. The van der Waals surface area contributed by atoms with Crippen molar-refractivity contribution in [1.82, 2.24) is 13.9 Å². The molecule has 0 aliphatic heterocycles. The summed E-state index contributed by atoms with van der Waals surface area (Å²) in [5.41, 5.74) is 4.11. The number of imidazole rings is 1. The fourth-order valence-corrected chi connectivity index (χ4v) is 4.94. The molecule has 6 nitrogen and oxygen atoms in total. The van der Waals surface area contributed by atoms with Gasteiger partial charge in [-0.2, -0.15) is 4.31 Å². The van der Waals surface area contributed by atoms with E-state index in [1.54, 1.807) is 25.5 Å². The topological polar surface area (TPSA) is 72.3 Å². The lowest BCUT2D eigenvalue weighted by Crippen LogP contribution is -2.30. The molecule has 31 heavy (non-hydrogen) atoms. The van der Waals surface area contributed by atoms with E-state index >= 15 is 0 Å². The Kier molecular flexibility index (Phi) is 5.47. The molecule has 0 saturated heterocycles. The maximum atomic E-state index is 13.1. The van der Waals surface area contributed by atoms with Crippen LogP contribution < -0.4 is 0 Å². The van der Waals surface area contributed by atoms with Gasteiger partial charge in [-0.3, -0.25) is 9.36 Å². The summed E-state index contributed by atoms with van der Waals surface area (Å²) in [5, 5.41) is 0. The number of carbonyl (C=O) groups is 1. The molecule has 0 aliphatic rings. The van der Waals surface area contributed by atoms with Crippen LogP contribution in [0.2, 0.25) is 0 Å². The molecule has 0 spiro atoms. The van der Waals surface area contributed by atoms with E-state index in [1.807, 2.05) is 60.0 Å². The summed E-state index contributed by atoms with van der Waals surface area (Å²) in [6.07, 6.45) is 1.78. The predicted molar refractivity (Wildman–Crippen MR) is 121 cm³/mol. The van der Waals surface area contributed by atoms with Gasteiger partial charge in [0.15, 0.2) is 5.78 Å². The highest BCUT2D eigenvalue weighted by Gasteiger charge is 2.26. The number of rotatable bonds is 6. The Bertz CT molecular complexity index is 1360. The monoisotopic (exact) mass is 433 g/mol. The molecule has 1 aromatic heterocycles. The Morgan fingerprint density at radius 2 is 1.71 bits per heavy atom. The first kappa shape index (κ1) is 21.0. The summed E-state index contributed by atoms with van der Waals surface area (Å²) in [6, 6.07) is 21.4. The second kappa shape index (κ2) is 8.09. The zero-order chi connectivity index (χ0) is 22.2. The summed E-state index contributed by atoms with van der Waals surface area (Å²) in [6.45, 7) is 3.26. The number of aromatic nitrogens is 2. The lowest BCUT2D eigenvalue weighted by Gasteiger charge is -2.25. The lowest BCUT2D eigenvalue weighted by atomic mass is 10.1. The van der Waals surface area contributed by atoms with Crippen molar-refractivity contribution in [3.8, 4) is 5.69 Å². The minimum Gasteiger partial charge on any atom is -0.299 e. The van der Waals surface area contributed by atoms with Crippen LogP contribution in [-0.4, -0.2) is 35.1 Å². The lowest BCUT2D eigenvalue weighted by molar-refractivity contribution is 0.101. The summed E-state index contributed by atoms with van der Waals surface area (Å²) >= 11 is 0. The minimum atomic E-state index is -3.76. The van der Waals surface area contributed by atoms with Crippen molar-refractivity contribution in [3.05, 3.63) is 90.3 Å². The molecule has 0 bridgehead atoms. The maximum absolute atomic E-state index is 13.1. The van der Waals surface area contributed by atoms with E-state index < -0.39 is 10.0 Å². The molecule has 1 atom stereocenters. The fourth-order valence-electron chi connectivity index (χ4n) is 3.54. The molecular weight excluding hydrogens is 410 g/mol. The molecule has 0 fully saturated rings. The maximum Gasteiger partial charge on any atom is 0.243 e. The van der Waals surface area contributed by atoms with Gasteiger partial charge >= 0.3 is 0 Å². The minimum absolute atomic E-state index is 0.107. The highest BCUT2D eigenvalue weighted by atomic mass is 32.2. The molecule has 3 aromatic carbocycles. The summed E-state index contributed by atoms with van der Waals surface area (Å²) in [5.74, 6) is -0.171. The van der Waals surface area contributed by atoms with Crippen LogP contribution in [0.5, 0.6) is 0 Å². The van der Waals surface area contributed by atoms with Gasteiger partial charge in [-0.05, 0) is 55.8 Å². The average molecular weight is 434 g/mol. The molecule has 0 aliphatic carbocycles. The van der Waals surface area contributed by atoms with Crippen molar-refractivity contribution in [2.45, 2.75) is 24.8 Å². The van der Waals surface area contributed by atoms with Crippen molar-refractivity contribution in [2.75, 3.05) is 7.05 Å². The van der Waals surface area contributed by atoms with Crippen LogP contribution in [0.4, 0.5) is 0 Å². The van der Waals surface area contributed by atoms with Gasteiger partial charge in [-0.15, -0.1) is 0 Å². The predicted octanol–water partition coefficient (Wildman–Crippen LogP) is 4.61. The van der Waals surface area contributed by atoms with Crippen LogP contribution in [0.3, 0.4) is 0 Å². The first-order valence-electron chi connectivity index (χ1n) is 9.90. The molecule has 4 aromatic rings. The Balaban J connectivity index is 1.61. The third kappa shape index (κ3) is 3.89. The third-order valence-electron chi connectivity index (χ3n) is 5.57. The van der Waals surface area contributed by atoms with E-state index in [4.69, 9.17) is 0 Å². The Morgan fingerprint density at radius 3 is 2.42 bits per heavy atom. The van der Waals surface area contributed by atoms with Crippen molar-refractivity contribution in [1.29, 1.82) is 0 Å². The zero-order valence-electron chi connectivity index (χ0n) is 17.6. The van der Waals surface area contributed by atoms with Crippen molar-refractivity contribution in [2.24, 2.45) is 0 Å². The Labute approximate surface area is 181 Å². The fraction of sp³-hybridized carbons (Fsp3) is 0.167. The van der Waals surface area contributed by atoms with E-state index in [0.717, 1.165) is 22.3 Å².